The molecule has 3 aromatic carbocycles. The molecule has 0 unspecified atom stereocenters. The summed E-state index contributed by atoms with van der Waals surface area (Å²) >= 11 is 6.21. The zero-order valence-corrected chi connectivity index (χ0v) is 17.8. The Labute approximate surface area is 183 Å². The molecule has 0 aliphatic carbocycles. The van der Waals surface area contributed by atoms with Gasteiger partial charge in [-0.15, -0.1) is 13.2 Å². The van der Waals surface area contributed by atoms with Gasteiger partial charge in [-0.25, -0.2) is 4.39 Å². The lowest BCUT2D eigenvalue weighted by atomic mass is 10.0. The predicted molar refractivity (Wildman–Crippen MR) is 125 cm³/mol. The lowest BCUT2D eigenvalue weighted by Gasteiger charge is -2.11. The molecule has 0 aliphatic rings. The van der Waals surface area contributed by atoms with Crippen LogP contribution >= 0.6 is 11.6 Å². The van der Waals surface area contributed by atoms with Gasteiger partial charge in [0.15, 0.2) is 0 Å². The van der Waals surface area contributed by atoms with Gasteiger partial charge in [0, 0.05) is 5.56 Å². The van der Waals surface area contributed by atoms with Gasteiger partial charge in [-0.2, -0.15) is 0 Å². The molecule has 0 bridgehead atoms. The van der Waals surface area contributed by atoms with Crippen molar-refractivity contribution in [1.29, 1.82) is 0 Å². The van der Waals surface area contributed by atoms with Gasteiger partial charge < -0.3 is 4.74 Å². The Morgan fingerprint density at radius 3 is 1.97 bits per heavy atom. The molecular weight excluding hydrogens is 395 g/mol. The number of hydrogen-bond acceptors (Lipinski definition) is 1. The largest absolute Gasteiger partial charge is 0.489 e. The highest BCUT2D eigenvalue weighted by Gasteiger charge is 2.12. The van der Waals surface area contributed by atoms with Gasteiger partial charge >= 0.3 is 0 Å². The molecule has 0 fully saturated rings. The zero-order valence-electron chi connectivity index (χ0n) is 17.0. The fraction of sp³-hybridized carbons (Fsp3) is 0.185. The van der Waals surface area contributed by atoms with Gasteiger partial charge in [-0.3, -0.25) is 0 Å². The van der Waals surface area contributed by atoms with Crippen LogP contribution in [0.3, 0.4) is 0 Å². The van der Waals surface area contributed by atoms with E-state index < -0.39 is 0 Å². The highest BCUT2D eigenvalue weighted by molar-refractivity contribution is 6.31. The summed E-state index contributed by atoms with van der Waals surface area (Å²) in [4.78, 5) is 0. The Bertz CT molecular complexity index is 991. The molecule has 0 amide bonds. The first-order valence-electron chi connectivity index (χ1n) is 10.1. The van der Waals surface area contributed by atoms with Gasteiger partial charge in [0.05, 0.1) is 5.02 Å². The Hall–Kier alpha value is -2.84. The number of halogens is 2. The summed E-state index contributed by atoms with van der Waals surface area (Å²) in [6, 6.07) is 20.0. The smallest absolute Gasteiger partial charge is 0.145 e. The first-order chi connectivity index (χ1) is 14.6. The first-order valence-corrected chi connectivity index (χ1v) is 10.5. The van der Waals surface area contributed by atoms with Crippen LogP contribution in [0.25, 0.3) is 11.1 Å². The molecule has 0 aliphatic heterocycles. The molecule has 1 nitrogen and oxygen atoms in total. The quantitative estimate of drug-likeness (QED) is 0.302. The number of benzene rings is 3. The molecule has 0 heterocycles. The van der Waals surface area contributed by atoms with Crippen molar-refractivity contribution in [2.24, 2.45) is 0 Å². The van der Waals surface area contributed by atoms with Gasteiger partial charge in [0.2, 0.25) is 0 Å². The molecule has 0 atom stereocenters. The van der Waals surface area contributed by atoms with Crippen molar-refractivity contribution in [3.63, 3.8) is 0 Å². The zero-order chi connectivity index (χ0) is 21.3. The number of hydrogen-bond donors (Lipinski definition) is 0. The summed E-state index contributed by atoms with van der Waals surface area (Å²) in [5.41, 5.74) is 4.81. The second-order valence-electron chi connectivity index (χ2n) is 7.18. The average molecular weight is 421 g/mol. The number of ether oxygens (including phenoxy) is 1. The number of rotatable bonds is 10. The van der Waals surface area contributed by atoms with E-state index in [9.17, 15) is 4.39 Å². The van der Waals surface area contributed by atoms with Crippen molar-refractivity contribution >= 4 is 11.6 Å². The van der Waals surface area contributed by atoms with Crippen LogP contribution in [0.4, 0.5) is 4.39 Å². The van der Waals surface area contributed by atoms with E-state index in [1.54, 1.807) is 12.1 Å². The van der Waals surface area contributed by atoms with Crippen LogP contribution in [-0.4, -0.2) is 0 Å². The first kappa shape index (κ1) is 21.9. The van der Waals surface area contributed by atoms with Gasteiger partial charge in [0.1, 0.15) is 18.2 Å². The number of allylic oxidation sites excluding steroid dienone is 2. The molecule has 154 valence electrons. The summed E-state index contributed by atoms with van der Waals surface area (Å²) in [5, 5.41) is 0.129. The van der Waals surface area contributed by atoms with Crippen molar-refractivity contribution in [3.8, 4) is 16.9 Å². The monoisotopic (exact) mass is 420 g/mol. The van der Waals surface area contributed by atoms with Crippen LogP contribution < -0.4 is 4.74 Å². The second kappa shape index (κ2) is 10.8. The summed E-state index contributed by atoms with van der Waals surface area (Å²) < 4.78 is 20.2. The maximum atomic E-state index is 14.4. The van der Waals surface area contributed by atoms with Crippen LogP contribution in [0.1, 0.15) is 29.5 Å². The maximum Gasteiger partial charge on any atom is 0.145 e. The SMILES string of the molecule is C=CCCc1ccc(-c2ccc(OCc3ccc(CCC=C)c(F)c3Cl)cc2)cc1. The molecule has 0 radical (unpaired) electrons. The van der Waals surface area contributed by atoms with E-state index in [4.69, 9.17) is 16.3 Å². The Morgan fingerprint density at radius 1 is 0.767 bits per heavy atom. The Morgan fingerprint density at radius 2 is 1.33 bits per heavy atom. The fourth-order valence-corrected chi connectivity index (χ4v) is 3.47. The second-order valence-corrected chi connectivity index (χ2v) is 7.55. The minimum absolute atomic E-state index is 0.129. The van der Waals surface area contributed by atoms with E-state index in [1.807, 2.05) is 36.4 Å². The van der Waals surface area contributed by atoms with E-state index in [0.29, 0.717) is 29.7 Å². The minimum atomic E-state index is -0.369. The van der Waals surface area contributed by atoms with Crippen molar-refractivity contribution in [2.45, 2.75) is 32.3 Å². The Balaban J connectivity index is 1.63. The average Bonchev–Trinajstić information content (AvgIpc) is 2.79. The Kier molecular flexibility index (Phi) is 7.87. The molecule has 0 aromatic heterocycles. The minimum Gasteiger partial charge on any atom is -0.489 e. The molecule has 0 spiro atoms. The van der Waals surface area contributed by atoms with Crippen LogP contribution in [0.15, 0.2) is 86.0 Å². The van der Waals surface area contributed by atoms with Crippen molar-refractivity contribution in [1.82, 2.24) is 0 Å². The standard InChI is InChI=1S/C27H26ClFO/c1-3-5-7-20-9-11-21(12-10-20)22-15-17-25(18-16-22)30-19-24-14-13-23(8-6-4-2)27(29)26(24)28/h3-4,9-18H,1-2,5-8,19H2. The summed E-state index contributed by atoms with van der Waals surface area (Å²) in [7, 11) is 0. The van der Waals surface area contributed by atoms with Gasteiger partial charge in [-0.05, 0) is 60.1 Å². The summed E-state index contributed by atoms with van der Waals surface area (Å²) in [6.45, 7) is 7.65. The van der Waals surface area contributed by atoms with E-state index in [0.717, 1.165) is 24.0 Å². The van der Waals surface area contributed by atoms with E-state index >= 15 is 0 Å². The van der Waals surface area contributed by atoms with Crippen molar-refractivity contribution in [3.05, 3.63) is 114 Å². The van der Waals surface area contributed by atoms with Gasteiger partial charge in [0.25, 0.3) is 0 Å². The lowest BCUT2D eigenvalue weighted by molar-refractivity contribution is 0.305. The van der Waals surface area contributed by atoms with E-state index in [1.165, 1.54) is 5.56 Å². The molecule has 0 saturated carbocycles. The van der Waals surface area contributed by atoms with Crippen LogP contribution in [0, 0.1) is 5.82 Å². The maximum absolute atomic E-state index is 14.4. The summed E-state index contributed by atoms with van der Waals surface area (Å²) in [6.07, 6.45) is 7.00. The fourth-order valence-electron chi connectivity index (χ4n) is 3.23. The summed E-state index contributed by atoms with van der Waals surface area (Å²) in [5.74, 6) is 0.347. The molecular formula is C27H26ClFO. The lowest BCUT2D eigenvalue weighted by Crippen LogP contribution is -2.00. The topological polar surface area (TPSA) is 9.23 Å². The highest BCUT2D eigenvalue weighted by atomic mass is 35.5. The molecule has 0 N–H and O–H groups in total. The van der Waals surface area contributed by atoms with Crippen LogP contribution in [-0.2, 0) is 19.4 Å². The van der Waals surface area contributed by atoms with Crippen LogP contribution in [0.2, 0.25) is 5.02 Å². The molecule has 3 heteroatoms. The third kappa shape index (κ3) is 5.61. The van der Waals surface area contributed by atoms with Crippen molar-refractivity contribution < 1.29 is 9.13 Å². The third-order valence-corrected chi connectivity index (χ3v) is 5.44. The highest BCUT2D eigenvalue weighted by Crippen LogP contribution is 2.27. The molecule has 30 heavy (non-hydrogen) atoms. The van der Waals surface area contributed by atoms with Gasteiger partial charge in [-0.1, -0.05) is 72.3 Å². The van der Waals surface area contributed by atoms with E-state index in [2.05, 4.69) is 37.4 Å². The molecule has 0 saturated heterocycles. The molecule has 3 aromatic rings. The van der Waals surface area contributed by atoms with E-state index in [-0.39, 0.29) is 17.4 Å². The predicted octanol–water partition coefficient (Wildman–Crippen LogP) is 7.96. The van der Waals surface area contributed by atoms with Crippen molar-refractivity contribution in [2.75, 3.05) is 0 Å². The number of aryl methyl sites for hydroxylation is 2. The normalized spacial score (nSPS) is 10.6. The third-order valence-electron chi connectivity index (χ3n) is 5.03. The molecule has 3 rings (SSSR count). The van der Waals surface area contributed by atoms with Crippen LogP contribution in [0.5, 0.6) is 5.75 Å².